The topological polar surface area (TPSA) is 142 Å². The lowest BCUT2D eigenvalue weighted by atomic mass is 9.87. The number of phenols is 1. The van der Waals surface area contributed by atoms with Crippen LogP contribution in [0.5, 0.6) is 11.5 Å². The minimum absolute atomic E-state index is 0.00198. The molecular weight excluding hydrogens is 817 g/mol. The maximum absolute atomic E-state index is 15.4. The third-order valence-electron chi connectivity index (χ3n) is 13.7. The Balaban J connectivity index is 1.11. The second-order valence-electron chi connectivity index (χ2n) is 17.7. The number of hydrogen-bond donors (Lipinski definition) is 2. The molecule has 65 heavy (non-hydrogen) atoms. The van der Waals surface area contributed by atoms with Crippen molar-refractivity contribution in [3.63, 3.8) is 0 Å². The third kappa shape index (κ3) is 8.40. The smallest absolute Gasteiger partial charge is 0.258 e. The summed E-state index contributed by atoms with van der Waals surface area (Å²) in [6, 6.07) is 30.3. The zero-order valence-electron chi connectivity index (χ0n) is 37.6. The van der Waals surface area contributed by atoms with Gasteiger partial charge in [0.05, 0.1) is 30.4 Å². The average molecular weight is 871 g/mol. The maximum atomic E-state index is 15.4. The summed E-state index contributed by atoms with van der Waals surface area (Å²) in [5.41, 5.74) is 11.1. The number of nitrogens with one attached hydrogen (secondary N) is 1. The highest BCUT2D eigenvalue weighted by molar-refractivity contribution is 6.14. The fourth-order valence-corrected chi connectivity index (χ4v) is 9.57. The number of amides is 3. The summed E-state index contributed by atoms with van der Waals surface area (Å²) in [6.45, 7) is 8.60. The SMILES string of the molecule is Cc1c(-c2c(C(=O)Nc3ccc(O)cc3)c(C)n(C)c2-c2cc3c(cc2C(=O)N2Cc4ccccc4C[C@H]2C)CN(C(=O)Cc2ccc(OCCC4CCO4)cc2)CC3)cc(C#N)n1C. The van der Waals surface area contributed by atoms with E-state index in [0.717, 1.165) is 53.1 Å². The molecule has 3 amide bonds. The van der Waals surface area contributed by atoms with E-state index in [1.165, 1.54) is 17.7 Å². The van der Waals surface area contributed by atoms with Crippen molar-refractivity contribution in [3.8, 4) is 40.0 Å². The van der Waals surface area contributed by atoms with Gasteiger partial charge in [-0.05, 0) is 122 Å². The molecule has 0 radical (unpaired) electrons. The van der Waals surface area contributed by atoms with Crippen LogP contribution in [0.2, 0.25) is 0 Å². The number of ether oxygens (including phenoxy) is 2. The fourth-order valence-electron chi connectivity index (χ4n) is 9.57. The van der Waals surface area contributed by atoms with Crippen LogP contribution in [0.25, 0.3) is 22.4 Å². The van der Waals surface area contributed by atoms with Crippen molar-refractivity contribution >= 4 is 23.4 Å². The molecule has 5 heterocycles. The van der Waals surface area contributed by atoms with Crippen molar-refractivity contribution in [1.82, 2.24) is 18.9 Å². The monoisotopic (exact) mass is 870 g/mol. The van der Waals surface area contributed by atoms with Crippen LogP contribution in [0.15, 0.2) is 91.0 Å². The van der Waals surface area contributed by atoms with Crippen molar-refractivity contribution in [3.05, 3.63) is 147 Å². The van der Waals surface area contributed by atoms with Gasteiger partial charge in [-0.25, -0.2) is 0 Å². The number of rotatable bonds is 11. The van der Waals surface area contributed by atoms with Gasteiger partial charge in [-0.2, -0.15) is 5.26 Å². The molecule has 332 valence electrons. The zero-order valence-corrected chi connectivity index (χ0v) is 37.6. The van der Waals surface area contributed by atoms with Gasteiger partial charge >= 0.3 is 0 Å². The molecule has 3 aliphatic rings. The van der Waals surface area contributed by atoms with Crippen molar-refractivity contribution in [2.75, 3.05) is 25.1 Å². The van der Waals surface area contributed by atoms with Crippen molar-refractivity contribution in [2.24, 2.45) is 14.1 Å². The summed E-state index contributed by atoms with van der Waals surface area (Å²) in [6.07, 6.45) is 3.75. The van der Waals surface area contributed by atoms with Crippen LogP contribution in [-0.4, -0.2) is 73.7 Å². The zero-order chi connectivity index (χ0) is 45.5. The number of fused-ring (bicyclic) bond motifs is 2. The average Bonchev–Trinajstić information content (AvgIpc) is 3.73. The molecule has 1 fully saturated rings. The Kier molecular flexibility index (Phi) is 11.8. The number of anilines is 1. The molecule has 0 saturated carbocycles. The molecule has 0 aliphatic carbocycles. The largest absolute Gasteiger partial charge is 0.508 e. The van der Waals surface area contributed by atoms with Crippen molar-refractivity contribution < 1.29 is 29.0 Å². The van der Waals surface area contributed by atoms with E-state index in [2.05, 4.69) is 36.5 Å². The Bertz CT molecular complexity index is 2860. The van der Waals surface area contributed by atoms with E-state index in [4.69, 9.17) is 9.47 Å². The lowest BCUT2D eigenvalue weighted by molar-refractivity contribution is -0.131. The van der Waals surface area contributed by atoms with Crippen molar-refractivity contribution in [1.29, 1.82) is 5.26 Å². The summed E-state index contributed by atoms with van der Waals surface area (Å²) in [7, 11) is 3.74. The van der Waals surface area contributed by atoms with E-state index in [-0.39, 0.29) is 42.0 Å². The van der Waals surface area contributed by atoms with Crippen LogP contribution >= 0.6 is 0 Å². The number of aromatic hydroxyl groups is 1. The quantitative estimate of drug-likeness (QED) is 0.125. The first-order valence-electron chi connectivity index (χ1n) is 22.4. The minimum atomic E-state index is -0.366. The molecular formula is C53H54N6O6. The molecule has 2 atom stereocenters. The maximum Gasteiger partial charge on any atom is 0.258 e. The van der Waals surface area contributed by atoms with Gasteiger partial charge in [0, 0.05) is 92.1 Å². The predicted molar refractivity (Wildman–Crippen MR) is 249 cm³/mol. The van der Waals surface area contributed by atoms with Gasteiger partial charge < -0.3 is 38.8 Å². The van der Waals surface area contributed by atoms with Gasteiger partial charge in [-0.15, -0.1) is 0 Å². The van der Waals surface area contributed by atoms with Gasteiger partial charge in [-0.3, -0.25) is 14.4 Å². The van der Waals surface area contributed by atoms with E-state index >= 15 is 4.79 Å². The Hall–Kier alpha value is -7.10. The second-order valence-corrected chi connectivity index (χ2v) is 17.7. The molecule has 2 N–H and O–H groups in total. The number of hydrogen-bond acceptors (Lipinski definition) is 7. The highest BCUT2D eigenvalue weighted by atomic mass is 16.5. The Labute approximate surface area is 379 Å². The summed E-state index contributed by atoms with van der Waals surface area (Å²) in [5, 5.41) is 23.2. The van der Waals surface area contributed by atoms with Crippen LogP contribution in [0.4, 0.5) is 5.69 Å². The lowest BCUT2D eigenvalue weighted by Gasteiger charge is -2.36. The molecule has 4 aromatic carbocycles. The van der Waals surface area contributed by atoms with Gasteiger partial charge in [0.25, 0.3) is 11.8 Å². The second kappa shape index (κ2) is 17.8. The van der Waals surface area contributed by atoms with Crippen molar-refractivity contribution in [2.45, 2.75) is 78.1 Å². The number of carbonyl (C=O) groups is 3. The molecule has 2 aromatic heterocycles. The van der Waals surface area contributed by atoms with Crippen LogP contribution in [-0.2, 0) is 56.0 Å². The molecule has 12 nitrogen and oxygen atoms in total. The summed E-state index contributed by atoms with van der Waals surface area (Å²) >= 11 is 0. The van der Waals surface area contributed by atoms with E-state index in [1.807, 2.05) is 95.4 Å². The summed E-state index contributed by atoms with van der Waals surface area (Å²) < 4.78 is 15.2. The first-order valence-corrected chi connectivity index (χ1v) is 22.4. The molecule has 6 aromatic rings. The Morgan fingerprint density at radius 2 is 1.62 bits per heavy atom. The van der Waals surface area contributed by atoms with Crippen LogP contribution in [0.1, 0.15) is 85.4 Å². The van der Waals surface area contributed by atoms with Crippen LogP contribution in [0.3, 0.4) is 0 Å². The molecule has 1 saturated heterocycles. The standard InChI is InChI=1S/C53H54N6O6/c1-32-24-36-8-6-7-9-38(36)31-59(32)53(63)47-27-39-30-58(48(61)25-35-10-16-43(17-11-35)64-22-19-44-20-23-65-44)21-18-37(39)26-46(47)51-50(45-28-41(29-54)56(4)33(45)2)49(34(3)57(51)5)52(62)55-40-12-14-42(60)15-13-40/h6-17,26-28,32,44,60H,18-25,30-31H2,1-5H3,(H,55,62)/t32-,44?/m1/s1. The first kappa shape index (κ1) is 43.2. The molecule has 1 unspecified atom stereocenters. The fraction of sp³-hybridized carbons (Fsp3) is 0.321. The molecule has 0 spiro atoms. The van der Waals surface area contributed by atoms with E-state index in [9.17, 15) is 20.0 Å². The number of carbonyl (C=O) groups excluding carboxylic acids is 3. The highest BCUT2D eigenvalue weighted by Crippen LogP contribution is 2.44. The van der Waals surface area contributed by atoms with Crippen LogP contribution in [0, 0.1) is 25.2 Å². The summed E-state index contributed by atoms with van der Waals surface area (Å²) in [5.74, 6) is 0.340. The van der Waals surface area contributed by atoms with Gasteiger partial charge in [0.2, 0.25) is 5.91 Å². The molecule has 3 aliphatic heterocycles. The van der Waals surface area contributed by atoms with Gasteiger partial charge in [0.15, 0.2) is 0 Å². The Morgan fingerprint density at radius 3 is 2.31 bits per heavy atom. The van der Waals surface area contributed by atoms with E-state index in [1.54, 1.807) is 12.1 Å². The lowest BCUT2D eigenvalue weighted by Crippen LogP contribution is -2.43. The van der Waals surface area contributed by atoms with Gasteiger partial charge in [-0.1, -0.05) is 36.4 Å². The van der Waals surface area contributed by atoms with Gasteiger partial charge in [0.1, 0.15) is 23.3 Å². The Morgan fingerprint density at radius 1 is 0.877 bits per heavy atom. The normalized spacial score (nSPS) is 16.6. The molecule has 0 bridgehead atoms. The minimum Gasteiger partial charge on any atom is -0.508 e. The van der Waals surface area contributed by atoms with Crippen LogP contribution < -0.4 is 10.1 Å². The number of nitriles is 1. The summed E-state index contributed by atoms with van der Waals surface area (Å²) in [4.78, 5) is 47.8. The predicted octanol–water partition coefficient (Wildman–Crippen LogP) is 8.42. The number of benzene rings is 4. The number of nitrogens with zero attached hydrogens (tertiary/aromatic N) is 5. The molecule has 9 rings (SSSR count). The van der Waals surface area contributed by atoms with E-state index in [0.29, 0.717) is 89.7 Å². The number of phenolic OH excluding ortho intramolecular Hbond substituents is 1. The van der Waals surface area contributed by atoms with E-state index < -0.39 is 0 Å². The number of aromatic nitrogens is 2. The first-order chi connectivity index (χ1) is 31.4. The highest BCUT2D eigenvalue weighted by Gasteiger charge is 2.35. The third-order valence-corrected chi connectivity index (χ3v) is 13.7. The molecule has 12 heteroatoms.